The average molecular weight is 329 g/mol. The third-order valence-electron chi connectivity index (χ3n) is 3.45. The standard InChI is InChI=1S/C13H21BrN4O/c1-2-15-12-16-8-10(14)11(18-12)17-9-13(19)6-4-3-5-7-13/h8,19H,2-7,9H2,1H3,(H2,15,16,17,18). The minimum Gasteiger partial charge on any atom is -0.388 e. The minimum atomic E-state index is -0.596. The summed E-state index contributed by atoms with van der Waals surface area (Å²) in [5.74, 6) is 1.33. The van der Waals surface area contributed by atoms with E-state index in [0.717, 1.165) is 42.5 Å². The number of rotatable bonds is 5. The van der Waals surface area contributed by atoms with Crippen LogP contribution >= 0.6 is 15.9 Å². The first-order valence-corrected chi connectivity index (χ1v) is 7.65. The number of aromatic nitrogens is 2. The number of nitrogens with zero attached hydrogens (tertiary/aromatic N) is 2. The molecule has 106 valence electrons. The highest BCUT2D eigenvalue weighted by atomic mass is 79.9. The molecule has 0 spiro atoms. The minimum absolute atomic E-state index is 0.536. The van der Waals surface area contributed by atoms with Crippen molar-refractivity contribution in [3.63, 3.8) is 0 Å². The molecule has 1 saturated carbocycles. The van der Waals surface area contributed by atoms with Gasteiger partial charge >= 0.3 is 0 Å². The zero-order valence-electron chi connectivity index (χ0n) is 11.2. The molecule has 1 aromatic rings. The van der Waals surface area contributed by atoms with Crippen molar-refractivity contribution in [3.05, 3.63) is 10.7 Å². The molecule has 1 aliphatic rings. The number of anilines is 2. The number of hydrogen-bond acceptors (Lipinski definition) is 5. The Balaban J connectivity index is 1.99. The van der Waals surface area contributed by atoms with Gasteiger partial charge in [-0.3, -0.25) is 0 Å². The molecule has 19 heavy (non-hydrogen) atoms. The lowest BCUT2D eigenvalue weighted by Crippen LogP contribution is -2.39. The van der Waals surface area contributed by atoms with E-state index in [-0.39, 0.29) is 0 Å². The van der Waals surface area contributed by atoms with Gasteiger partial charge in [-0.1, -0.05) is 19.3 Å². The van der Waals surface area contributed by atoms with Gasteiger partial charge in [0.05, 0.1) is 10.1 Å². The van der Waals surface area contributed by atoms with Crippen LogP contribution < -0.4 is 10.6 Å². The second-order valence-electron chi connectivity index (χ2n) is 5.06. The summed E-state index contributed by atoms with van der Waals surface area (Å²) in [4.78, 5) is 8.56. The predicted molar refractivity (Wildman–Crippen MR) is 80.4 cm³/mol. The van der Waals surface area contributed by atoms with Crippen molar-refractivity contribution < 1.29 is 5.11 Å². The molecule has 0 amide bonds. The molecule has 0 unspecified atom stereocenters. The van der Waals surface area contributed by atoms with Crippen LogP contribution in [0.5, 0.6) is 0 Å². The van der Waals surface area contributed by atoms with Gasteiger partial charge in [0.1, 0.15) is 5.82 Å². The zero-order chi connectivity index (χ0) is 13.7. The molecule has 0 saturated heterocycles. The van der Waals surface area contributed by atoms with Gasteiger partial charge in [-0.15, -0.1) is 0 Å². The first-order chi connectivity index (χ1) is 9.13. The molecule has 6 heteroatoms. The molecule has 0 radical (unpaired) electrons. The molecular formula is C13H21BrN4O. The van der Waals surface area contributed by atoms with Crippen LogP contribution in [-0.2, 0) is 0 Å². The Bertz CT molecular complexity index is 421. The summed E-state index contributed by atoms with van der Waals surface area (Å²) in [5, 5.41) is 16.8. The van der Waals surface area contributed by atoms with E-state index in [0.29, 0.717) is 12.5 Å². The Morgan fingerprint density at radius 2 is 2.05 bits per heavy atom. The third kappa shape index (κ3) is 4.04. The number of aliphatic hydroxyl groups is 1. The van der Waals surface area contributed by atoms with Gasteiger partial charge in [0.25, 0.3) is 0 Å². The van der Waals surface area contributed by atoms with E-state index in [1.807, 2.05) is 6.92 Å². The molecule has 0 atom stereocenters. The highest BCUT2D eigenvalue weighted by Gasteiger charge is 2.29. The van der Waals surface area contributed by atoms with Crippen molar-refractivity contribution in [2.45, 2.75) is 44.6 Å². The fraction of sp³-hybridized carbons (Fsp3) is 0.692. The molecule has 0 aromatic carbocycles. The molecule has 1 aromatic heterocycles. The zero-order valence-corrected chi connectivity index (χ0v) is 12.8. The molecule has 0 aliphatic heterocycles. The Morgan fingerprint density at radius 3 is 2.74 bits per heavy atom. The molecule has 1 heterocycles. The maximum atomic E-state index is 10.5. The lowest BCUT2D eigenvalue weighted by atomic mass is 9.85. The fourth-order valence-corrected chi connectivity index (χ4v) is 2.70. The highest BCUT2D eigenvalue weighted by Crippen LogP contribution is 2.29. The van der Waals surface area contributed by atoms with Gasteiger partial charge < -0.3 is 15.7 Å². The van der Waals surface area contributed by atoms with Crippen molar-refractivity contribution in [1.82, 2.24) is 9.97 Å². The lowest BCUT2D eigenvalue weighted by Gasteiger charge is -2.32. The summed E-state index contributed by atoms with van der Waals surface area (Å²) in [7, 11) is 0. The van der Waals surface area contributed by atoms with E-state index >= 15 is 0 Å². The summed E-state index contributed by atoms with van der Waals surface area (Å²) < 4.78 is 0.813. The van der Waals surface area contributed by atoms with Crippen LogP contribution in [0.2, 0.25) is 0 Å². The fourth-order valence-electron chi connectivity index (χ4n) is 2.37. The van der Waals surface area contributed by atoms with Crippen LogP contribution in [0.1, 0.15) is 39.0 Å². The first kappa shape index (κ1) is 14.5. The molecule has 3 N–H and O–H groups in total. The van der Waals surface area contributed by atoms with E-state index in [4.69, 9.17) is 0 Å². The second-order valence-corrected chi connectivity index (χ2v) is 5.91. The van der Waals surface area contributed by atoms with E-state index in [9.17, 15) is 5.11 Å². The Morgan fingerprint density at radius 1 is 1.32 bits per heavy atom. The Kier molecular flexibility index (Phi) is 4.99. The molecule has 2 rings (SSSR count). The van der Waals surface area contributed by atoms with Crippen molar-refractivity contribution in [3.8, 4) is 0 Å². The monoisotopic (exact) mass is 328 g/mol. The van der Waals surface area contributed by atoms with Gasteiger partial charge in [0, 0.05) is 19.3 Å². The van der Waals surface area contributed by atoms with Gasteiger partial charge in [0.2, 0.25) is 5.95 Å². The van der Waals surface area contributed by atoms with Crippen LogP contribution in [-0.4, -0.2) is 33.8 Å². The summed E-state index contributed by atoms with van der Waals surface area (Å²) in [6.07, 6.45) is 6.88. The summed E-state index contributed by atoms with van der Waals surface area (Å²) in [6.45, 7) is 3.32. The highest BCUT2D eigenvalue weighted by molar-refractivity contribution is 9.10. The Labute approximate surface area is 122 Å². The normalized spacial score (nSPS) is 18.1. The van der Waals surface area contributed by atoms with Crippen molar-refractivity contribution in [2.75, 3.05) is 23.7 Å². The second kappa shape index (κ2) is 6.52. The van der Waals surface area contributed by atoms with Crippen LogP contribution in [0.4, 0.5) is 11.8 Å². The van der Waals surface area contributed by atoms with Gasteiger partial charge in [-0.25, -0.2) is 4.98 Å². The quantitative estimate of drug-likeness (QED) is 0.775. The smallest absolute Gasteiger partial charge is 0.224 e. The maximum absolute atomic E-state index is 10.5. The van der Waals surface area contributed by atoms with Gasteiger partial charge in [-0.05, 0) is 35.7 Å². The van der Waals surface area contributed by atoms with Crippen molar-refractivity contribution in [2.24, 2.45) is 0 Å². The molecular weight excluding hydrogens is 308 g/mol. The van der Waals surface area contributed by atoms with E-state index in [1.165, 1.54) is 6.42 Å². The van der Waals surface area contributed by atoms with E-state index in [2.05, 4.69) is 36.5 Å². The maximum Gasteiger partial charge on any atom is 0.224 e. The van der Waals surface area contributed by atoms with Crippen molar-refractivity contribution >= 4 is 27.7 Å². The largest absolute Gasteiger partial charge is 0.388 e. The SMILES string of the molecule is CCNc1ncc(Br)c(NCC2(O)CCCCC2)n1. The van der Waals surface area contributed by atoms with Gasteiger partial charge in [-0.2, -0.15) is 4.98 Å². The van der Waals surface area contributed by atoms with Crippen LogP contribution in [0, 0.1) is 0 Å². The van der Waals surface area contributed by atoms with E-state index in [1.54, 1.807) is 6.20 Å². The topological polar surface area (TPSA) is 70.1 Å². The lowest BCUT2D eigenvalue weighted by molar-refractivity contribution is 0.0166. The van der Waals surface area contributed by atoms with E-state index < -0.39 is 5.60 Å². The molecule has 1 aliphatic carbocycles. The summed E-state index contributed by atoms with van der Waals surface area (Å²) >= 11 is 3.43. The molecule has 1 fully saturated rings. The average Bonchev–Trinajstić information content (AvgIpc) is 2.41. The number of hydrogen-bond donors (Lipinski definition) is 3. The van der Waals surface area contributed by atoms with Crippen LogP contribution in [0.25, 0.3) is 0 Å². The molecule has 5 nitrogen and oxygen atoms in total. The predicted octanol–water partition coefficient (Wildman–Crippen LogP) is 2.78. The summed E-state index contributed by atoms with van der Waals surface area (Å²) in [6, 6.07) is 0. The number of nitrogens with one attached hydrogen (secondary N) is 2. The number of halogens is 1. The van der Waals surface area contributed by atoms with Crippen molar-refractivity contribution in [1.29, 1.82) is 0 Å². The van der Waals surface area contributed by atoms with Gasteiger partial charge in [0.15, 0.2) is 0 Å². The molecule has 0 bridgehead atoms. The third-order valence-corrected chi connectivity index (χ3v) is 4.03. The van der Waals surface area contributed by atoms with Crippen LogP contribution in [0.3, 0.4) is 0 Å². The van der Waals surface area contributed by atoms with Crippen LogP contribution in [0.15, 0.2) is 10.7 Å². The Hall–Kier alpha value is -0.880. The summed E-state index contributed by atoms with van der Waals surface area (Å²) in [5.41, 5.74) is -0.596. The first-order valence-electron chi connectivity index (χ1n) is 6.86.